The van der Waals surface area contributed by atoms with Crippen LogP contribution in [0.3, 0.4) is 0 Å². The van der Waals surface area contributed by atoms with E-state index < -0.39 is 0 Å². The molecular weight excluding hydrogens is 417 g/mol. The fourth-order valence-electron chi connectivity index (χ4n) is 4.26. The minimum Gasteiger partial charge on any atom is -0.443 e. The van der Waals surface area contributed by atoms with E-state index in [0.29, 0.717) is 40.2 Å². The lowest BCUT2D eigenvalue weighted by Crippen LogP contribution is -2.18. The second-order valence-electron chi connectivity index (χ2n) is 8.91. The zero-order valence-electron chi connectivity index (χ0n) is 19.0. The van der Waals surface area contributed by atoms with Gasteiger partial charge in [0.1, 0.15) is 22.8 Å². The van der Waals surface area contributed by atoms with Crippen LogP contribution in [0.25, 0.3) is 22.3 Å². The first kappa shape index (κ1) is 21.2. The van der Waals surface area contributed by atoms with E-state index in [-0.39, 0.29) is 5.82 Å². The van der Waals surface area contributed by atoms with E-state index in [2.05, 4.69) is 28.9 Å². The van der Waals surface area contributed by atoms with Gasteiger partial charge in [-0.2, -0.15) is 5.10 Å². The van der Waals surface area contributed by atoms with Crippen LogP contribution in [0.5, 0.6) is 5.75 Å². The van der Waals surface area contributed by atoms with E-state index in [1.807, 2.05) is 42.6 Å². The van der Waals surface area contributed by atoms with E-state index in [0.717, 1.165) is 36.2 Å². The van der Waals surface area contributed by atoms with Crippen LogP contribution in [0.4, 0.5) is 10.1 Å². The highest BCUT2D eigenvalue weighted by atomic mass is 19.1. The van der Waals surface area contributed by atoms with Gasteiger partial charge >= 0.3 is 0 Å². The van der Waals surface area contributed by atoms with Gasteiger partial charge in [-0.25, -0.2) is 14.4 Å². The lowest BCUT2D eigenvalue weighted by Gasteiger charge is -2.24. The van der Waals surface area contributed by atoms with Crippen molar-refractivity contribution in [2.24, 2.45) is 18.0 Å². The van der Waals surface area contributed by atoms with Crippen molar-refractivity contribution in [1.82, 2.24) is 19.7 Å². The van der Waals surface area contributed by atoms with Gasteiger partial charge in [0.2, 0.25) is 0 Å². The second-order valence-corrected chi connectivity index (χ2v) is 8.91. The minimum atomic E-state index is -0.377. The Morgan fingerprint density at radius 3 is 2.76 bits per heavy atom. The summed E-state index contributed by atoms with van der Waals surface area (Å²) in [5.74, 6) is 1.99. The van der Waals surface area contributed by atoms with Crippen LogP contribution in [-0.2, 0) is 7.05 Å². The molecule has 0 saturated heterocycles. The Labute approximate surface area is 192 Å². The summed E-state index contributed by atoms with van der Waals surface area (Å²) >= 11 is 0. The van der Waals surface area contributed by atoms with Gasteiger partial charge in [-0.3, -0.25) is 9.67 Å². The number of pyridine rings is 2. The molecule has 0 N–H and O–H groups in total. The molecular formula is C26H26FN5O. The van der Waals surface area contributed by atoms with Gasteiger partial charge in [0.25, 0.3) is 0 Å². The minimum absolute atomic E-state index is 0.307. The van der Waals surface area contributed by atoms with E-state index in [1.54, 1.807) is 11.7 Å². The molecule has 0 fully saturated rings. The molecule has 5 rings (SSSR count). The largest absolute Gasteiger partial charge is 0.443 e. The number of benzene rings is 1. The first-order chi connectivity index (χ1) is 16.0. The fraction of sp³-hybridized carbons (Fsp3) is 0.308. The van der Waals surface area contributed by atoms with Crippen LogP contribution < -0.4 is 4.74 Å². The summed E-state index contributed by atoms with van der Waals surface area (Å²) in [6, 6.07) is 13.1. The number of rotatable bonds is 5. The third-order valence-electron chi connectivity index (χ3n) is 5.98. The third kappa shape index (κ3) is 4.35. The molecule has 0 amide bonds. The third-order valence-corrected chi connectivity index (χ3v) is 5.98. The summed E-state index contributed by atoms with van der Waals surface area (Å²) < 4.78 is 21.4. The van der Waals surface area contributed by atoms with Crippen molar-refractivity contribution in [2.75, 3.05) is 0 Å². The van der Waals surface area contributed by atoms with Crippen LogP contribution in [-0.4, -0.2) is 25.6 Å². The highest BCUT2D eigenvalue weighted by Crippen LogP contribution is 2.37. The number of aliphatic imine (C=N–C) groups is 1. The fourth-order valence-corrected chi connectivity index (χ4v) is 4.26. The zero-order valence-corrected chi connectivity index (χ0v) is 19.0. The van der Waals surface area contributed by atoms with Gasteiger partial charge in [0.15, 0.2) is 5.90 Å². The first-order valence-electron chi connectivity index (χ1n) is 11.3. The molecule has 1 unspecified atom stereocenters. The number of aryl methyl sites for hydroxylation is 1. The Kier molecular flexibility index (Phi) is 5.62. The molecule has 6 nitrogen and oxygen atoms in total. The van der Waals surface area contributed by atoms with Crippen molar-refractivity contribution in [1.29, 1.82) is 0 Å². The lowest BCUT2D eigenvalue weighted by molar-refractivity contribution is 0.464. The number of hydrogen-bond acceptors (Lipinski definition) is 5. The van der Waals surface area contributed by atoms with Gasteiger partial charge in [-0.1, -0.05) is 20.3 Å². The molecule has 4 heterocycles. The van der Waals surface area contributed by atoms with E-state index in [9.17, 15) is 4.39 Å². The molecule has 1 atom stereocenters. The quantitative estimate of drug-likeness (QED) is 0.368. The molecule has 7 heteroatoms. The summed E-state index contributed by atoms with van der Waals surface area (Å²) in [5, 5.41) is 4.53. The van der Waals surface area contributed by atoms with E-state index >= 15 is 0 Å². The van der Waals surface area contributed by atoms with Gasteiger partial charge in [0.05, 0.1) is 23.1 Å². The molecule has 1 aromatic carbocycles. The summed E-state index contributed by atoms with van der Waals surface area (Å²) in [6.45, 7) is 4.48. The van der Waals surface area contributed by atoms with Crippen molar-refractivity contribution < 1.29 is 9.13 Å². The summed E-state index contributed by atoms with van der Waals surface area (Å²) in [4.78, 5) is 13.6. The van der Waals surface area contributed by atoms with Crippen LogP contribution >= 0.6 is 0 Å². The van der Waals surface area contributed by atoms with Crippen LogP contribution in [0.1, 0.15) is 44.7 Å². The van der Waals surface area contributed by atoms with Crippen molar-refractivity contribution in [3.63, 3.8) is 0 Å². The molecule has 33 heavy (non-hydrogen) atoms. The number of halogens is 1. The number of hydrogen-bond donors (Lipinski definition) is 0. The summed E-state index contributed by atoms with van der Waals surface area (Å²) in [7, 11) is 1.79. The molecule has 0 bridgehead atoms. The predicted octanol–water partition coefficient (Wildman–Crippen LogP) is 6.20. The maximum Gasteiger partial charge on any atom is 0.195 e. The highest BCUT2D eigenvalue weighted by Gasteiger charge is 2.25. The SMILES string of the molecule is CC(C)CCC1CC(Oc2ccc(-c3nn(C)c4cc(F)cnc34)cc2)=Nc2cccnc21. The molecule has 1 aliphatic heterocycles. The van der Waals surface area contributed by atoms with Gasteiger partial charge in [0, 0.05) is 37.2 Å². The monoisotopic (exact) mass is 443 g/mol. The Balaban J connectivity index is 1.38. The van der Waals surface area contributed by atoms with Crippen molar-refractivity contribution in [2.45, 2.75) is 39.0 Å². The highest BCUT2D eigenvalue weighted by molar-refractivity contribution is 5.90. The van der Waals surface area contributed by atoms with Crippen LogP contribution in [0, 0.1) is 11.7 Å². The average Bonchev–Trinajstić information content (AvgIpc) is 3.13. The average molecular weight is 444 g/mol. The smallest absolute Gasteiger partial charge is 0.195 e. The van der Waals surface area contributed by atoms with E-state index in [1.165, 1.54) is 12.3 Å². The summed E-state index contributed by atoms with van der Waals surface area (Å²) in [5.41, 5.74) is 4.88. The molecule has 3 aromatic heterocycles. The Bertz CT molecular complexity index is 1330. The number of ether oxygens (including phenoxy) is 1. The van der Waals surface area contributed by atoms with Crippen molar-refractivity contribution in [3.8, 4) is 17.0 Å². The Morgan fingerprint density at radius 1 is 1.15 bits per heavy atom. The lowest BCUT2D eigenvalue weighted by atomic mass is 9.89. The van der Waals surface area contributed by atoms with Gasteiger partial charge < -0.3 is 4.74 Å². The normalized spacial score (nSPS) is 15.5. The molecule has 0 spiro atoms. The maximum atomic E-state index is 13.6. The number of nitrogens with zero attached hydrogens (tertiary/aromatic N) is 5. The number of aromatic nitrogens is 4. The Hall–Kier alpha value is -3.61. The maximum absolute atomic E-state index is 13.6. The predicted molar refractivity (Wildman–Crippen MR) is 127 cm³/mol. The van der Waals surface area contributed by atoms with Gasteiger partial charge in [-0.05, 0) is 48.7 Å². The standard InChI is InChI=1S/C26H26FN5O/c1-16(2)6-7-18-13-23(30-21-5-4-12-28-24(18)21)33-20-10-8-17(9-11-20)25-26-22(32(3)31-25)14-19(27)15-29-26/h4-5,8-12,14-16,18H,6-7,13H2,1-3H3. The molecule has 0 saturated carbocycles. The topological polar surface area (TPSA) is 65.2 Å². The van der Waals surface area contributed by atoms with Crippen LogP contribution in [0.2, 0.25) is 0 Å². The Morgan fingerprint density at radius 2 is 1.97 bits per heavy atom. The van der Waals surface area contributed by atoms with Crippen molar-refractivity contribution in [3.05, 3.63) is 66.4 Å². The van der Waals surface area contributed by atoms with Gasteiger partial charge in [-0.15, -0.1) is 0 Å². The zero-order chi connectivity index (χ0) is 22.9. The van der Waals surface area contributed by atoms with E-state index in [4.69, 9.17) is 9.73 Å². The summed E-state index contributed by atoms with van der Waals surface area (Å²) in [6.07, 6.45) is 5.99. The van der Waals surface area contributed by atoms with Crippen molar-refractivity contribution >= 4 is 22.6 Å². The molecule has 0 radical (unpaired) electrons. The molecule has 4 aromatic rings. The number of fused-ring (bicyclic) bond motifs is 2. The van der Waals surface area contributed by atoms with Crippen LogP contribution in [0.15, 0.2) is 59.9 Å². The molecule has 1 aliphatic rings. The molecule has 168 valence electrons. The second kappa shape index (κ2) is 8.73. The first-order valence-corrected chi connectivity index (χ1v) is 11.3. The molecule has 0 aliphatic carbocycles.